The Morgan fingerprint density at radius 1 is 1.30 bits per heavy atom. The standard InChI is InChI=1S/C13H18BrN5O/c1-9-11(5-15-18(9)4)7-17(3)13(20)8-19-10(2)12(14)6-16-19/h5-6H,7-8H2,1-4H3. The van der Waals surface area contributed by atoms with Gasteiger partial charge in [0.1, 0.15) is 6.54 Å². The number of carbonyl (C=O) groups is 1. The topological polar surface area (TPSA) is 56.0 Å². The first-order valence-corrected chi connectivity index (χ1v) is 7.08. The van der Waals surface area contributed by atoms with Crippen molar-refractivity contribution in [2.45, 2.75) is 26.9 Å². The molecule has 0 aliphatic heterocycles. The van der Waals surface area contributed by atoms with Crippen molar-refractivity contribution >= 4 is 21.8 Å². The molecule has 0 saturated carbocycles. The summed E-state index contributed by atoms with van der Waals surface area (Å²) in [6, 6.07) is 0. The molecule has 2 aromatic rings. The summed E-state index contributed by atoms with van der Waals surface area (Å²) >= 11 is 3.39. The second kappa shape index (κ2) is 5.78. The molecule has 0 radical (unpaired) electrons. The van der Waals surface area contributed by atoms with E-state index in [-0.39, 0.29) is 12.5 Å². The summed E-state index contributed by atoms with van der Waals surface area (Å²) in [4.78, 5) is 13.9. The molecule has 20 heavy (non-hydrogen) atoms. The van der Waals surface area contributed by atoms with Crippen LogP contribution < -0.4 is 0 Å². The second-order valence-corrected chi connectivity index (χ2v) is 5.72. The van der Waals surface area contributed by atoms with Crippen molar-refractivity contribution in [3.05, 3.63) is 33.8 Å². The van der Waals surface area contributed by atoms with E-state index in [2.05, 4.69) is 26.1 Å². The fraction of sp³-hybridized carbons (Fsp3) is 0.462. The van der Waals surface area contributed by atoms with Gasteiger partial charge < -0.3 is 4.90 Å². The van der Waals surface area contributed by atoms with Gasteiger partial charge in [-0.2, -0.15) is 10.2 Å². The number of halogens is 1. The van der Waals surface area contributed by atoms with Gasteiger partial charge in [0.2, 0.25) is 5.91 Å². The zero-order chi connectivity index (χ0) is 14.9. The van der Waals surface area contributed by atoms with Crippen LogP contribution in [0.3, 0.4) is 0 Å². The largest absolute Gasteiger partial charge is 0.340 e. The van der Waals surface area contributed by atoms with Crippen LogP contribution in [0.25, 0.3) is 0 Å². The monoisotopic (exact) mass is 339 g/mol. The maximum atomic E-state index is 12.2. The van der Waals surface area contributed by atoms with Crippen molar-refractivity contribution in [2.24, 2.45) is 7.05 Å². The van der Waals surface area contributed by atoms with Crippen LogP contribution in [-0.4, -0.2) is 37.4 Å². The Morgan fingerprint density at radius 3 is 2.50 bits per heavy atom. The molecule has 0 aliphatic carbocycles. The van der Waals surface area contributed by atoms with Crippen LogP contribution >= 0.6 is 15.9 Å². The molecule has 1 amide bonds. The van der Waals surface area contributed by atoms with Crippen LogP contribution in [0.15, 0.2) is 16.9 Å². The molecule has 0 aromatic carbocycles. The number of carbonyl (C=O) groups excluding carboxylic acids is 1. The second-order valence-electron chi connectivity index (χ2n) is 4.86. The number of aromatic nitrogens is 4. The van der Waals surface area contributed by atoms with Crippen molar-refractivity contribution in [3.8, 4) is 0 Å². The molecule has 0 bridgehead atoms. The highest BCUT2D eigenvalue weighted by molar-refractivity contribution is 9.10. The first-order chi connectivity index (χ1) is 9.40. The van der Waals surface area contributed by atoms with Crippen LogP contribution in [0.5, 0.6) is 0 Å². The number of hydrogen-bond donors (Lipinski definition) is 0. The quantitative estimate of drug-likeness (QED) is 0.851. The maximum Gasteiger partial charge on any atom is 0.244 e. The number of amides is 1. The van der Waals surface area contributed by atoms with Gasteiger partial charge in [0.15, 0.2) is 0 Å². The molecule has 0 N–H and O–H groups in total. The summed E-state index contributed by atoms with van der Waals surface area (Å²) in [5.41, 5.74) is 3.08. The van der Waals surface area contributed by atoms with Gasteiger partial charge in [0.05, 0.1) is 22.6 Å². The van der Waals surface area contributed by atoms with E-state index < -0.39 is 0 Å². The van der Waals surface area contributed by atoms with Gasteiger partial charge in [-0.25, -0.2) is 0 Å². The minimum atomic E-state index is 0.0203. The van der Waals surface area contributed by atoms with E-state index in [1.807, 2.05) is 25.6 Å². The molecule has 2 aromatic heterocycles. The van der Waals surface area contributed by atoms with Crippen molar-refractivity contribution in [1.29, 1.82) is 0 Å². The predicted octanol–water partition coefficient (Wildman–Crippen LogP) is 1.65. The minimum absolute atomic E-state index is 0.0203. The van der Waals surface area contributed by atoms with E-state index in [0.717, 1.165) is 21.4 Å². The third kappa shape index (κ3) is 2.92. The van der Waals surface area contributed by atoms with Crippen molar-refractivity contribution in [2.75, 3.05) is 7.05 Å². The number of nitrogens with zero attached hydrogens (tertiary/aromatic N) is 5. The normalized spacial score (nSPS) is 10.8. The summed E-state index contributed by atoms with van der Waals surface area (Å²) in [6.45, 7) is 4.72. The summed E-state index contributed by atoms with van der Waals surface area (Å²) in [7, 11) is 3.69. The van der Waals surface area contributed by atoms with Gasteiger partial charge in [0.25, 0.3) is 0 Å². The highest BCUT2D eigenvalue weighted by Crippen LogP contribution is 2.14. The summed E-state index contributed by atoms with van der Waals surface area (Å²) < 4.78 is 4.41. The highest BCUT2D eigenvalue weighted by atomic mass is 79.9. The number of hydrogen-bond acceptors (Lipinski definition) is 3. The molecule has 0 fully saturated rings. The molecular formula is C13H18BrN5O. The number of likely N-dealkylation sites (N-methyl/N-ethyl adjacent to an activating group) is 1. The fourth-order valence-electron chi connectivity index (χ4n) is 1.88. The number of aryl methyl sites for hydroxylation is 1. The Hall–Kier alpha value is -1.63. The third-order valence-electron chi connectivity index (χ3n) is 3.50. The molecule has 0 aliphatic rings. The lowest BCUT2D eigenvalue weighted by Crippen LogP contribution is -2.30. The Labute approximate surface area is 126 Å². The molecule has 0 unspecified atom stereocenters. The summed E-state index contributed by atoms with van der Waals surface area (Å²) in [5, 5.41) is 8.36. The average molecular weight is 340 g/mol. The molecule has 0 atom stereocenters. The lowest BCUT2D eigenvalue weighted by atomic mass is 10.2. The van der Waals surface area contributed by atoms with E-state index in [4.69, 9.17) is 0 Å². The smallest absolute Gasteiger partial charge is 0.244 e. The van der Waals surface area contributed by atoms with Gasteiger partial charge in [-0.15, -0.1) is 0 Å². The maximum absolute atomic E-state index is 12.2. The molecule has 2 heterocycles. The Bertz CT molecular complexity index is 631. The van der Waals surface area contributed by atoms with Crippen LogP contribution in [0, 0.1) is 13.8 Å². The van der Waals surface area contributed by atoms with Crippen LogP contribution in [0.4, 0.5) is 0 Å². The van der Waals surface area contributed by atoms with Gasteiger partial charge in [-0.3, -0.25) is 14.2 Å². The fourth-order valence-corrected chi connectivity index (χ4v) is 2.17. The van der Waals surface area contributed by atoms with E-state index in [1.165, 1.54) is 0 Å². The van der Waals surface area contributed by atoms with Crippen molar-refractivity contribution < 1.29 is 4.79 Å². The molecule has 0 saturated heterocycles. The van der Waals surface area contributed by atoms with Gasteiger partial charge in [-0.05, 0) is 29.8 Å². The SMILES string of the molecule is Cc1c(CN(C)C(=O)Cn2ncc(Br)c2C)cnn1C. The van der Waals surface area contributed by atoms with E-state index >= 15 is 0 Å². The molecule has 7 heteroatoms. The van der Waals surface area contributed by atoms with Gasteiger partial charge in [-0.1, -0.05) is 0 Å². The Morgan fingerprint density at radius 2 is 2.00 bits per heavy atom. The summed E-state index contributed by atoms with van der Waals surface area (Å²) in [6.07, 6.45) is 3.50. The van der Waals surface area contributed by atoms with Crippen molar-refractivity contribution in [1.82, 2.24) is 24.5 Å². The van der Waals surface area contributed by atoms with Gasteiger partial charge >= 0.3 is 0 Å². The van der Waals surface area contributed by atoms with Crippen LogP contribution in [0.2, 0.25) is 0 Å². The Balaban J connectivity index is 2.02. The summed E-state index contributed by atoms with van der Waals surface area (Å²) in [5.74, 6) is 0.0203. The van der Waals surface area contributed by atoms with E-state index in [0.29, 0.717) is 6.54 Å². The highest BCUT2D eigenvalue weighted by Gasteiger charge is 2.15. The van der Waals surface area contributed by atoms with E-state index in [1.54, 1.807) is 29.0 Å². The minimum Gasteiger partial charge on any atom is -0.340 e. The van der Waals surface area contributed by atoms with Crippen LogP contribution in [0.1, 0.15) is 17.0 Å². The van der Waals surface area contributed by atoms with Crippen LogP contribution in [-0.2, 0) is 24.9 Å². The predicted molar refractivity (Wildman–Crippen MR) is 79.1 cm³/mol. The first kappa shape index (κ1) is 14.8. The molecule has 0 spiro atoms. The lowest BCUT2D eigenvalue weighted by Gasteiger charge is -2.17. The van der Waals surface area contributed by atoms with Crippen molar-refractivity contribution in [3.63, 3.8) is 0 Å². The lowest BCUT2D eigenvalue weighted by molar-refractivity contribution is -0.131. The first-order valence-electron chi connectivity index (χ1n) is 6.29. The molecular weight excluding hydrogens is 322 g/mol. The average Bonchev–Trinajstić information content (AvgIpc) is 2.89. The zero-order valence-corrected chi connectivity index (χ0v) is 13.7. The number of rotatable bonds is 4. The third-order valence-corrected chi connectivity index (χ3v) is 4.28. The molecule has 2 rings (SSSR count). The molecule has 108 valence electrons. The van der Waals surface area contributed by atoms with Gasteiger partial charge in [0, 0.05) is 31.9 Å². The molecule has 6 nitrogen and oxygen atoms in total. The zero-order valence-electron chi connectivity index (χ0n) is 12.1. The Kier molecular flexibility index (Phi) is 4.27. The van der Waals surface area contributed by atoms with E-state index in [9.17, 15) is 4.79 Å².